The van der Waals surface area contributed by atoms with Crippen LogP contribution in [-0.4, -0.2) is 15.0 Å². The molecule has 2 heterocycles. The number of furan rings is 1. The van der Waals surface area contributed by atoms with E-state index in [4.69, 9.17) is 19.4 Å². The number of rotatable bonds is 5. The predicted octanol–water partition coefficient (Wildman–Crippen LogP) is 10.1. The fourth-order valence-electron chi connectivity index (χ4n) is 5.72. The van der Waals surface area contributed by atoms with Crippen LogP contribution in [0.3, 0.4) is 0 Å². The molecule has 0 unspecified atom stereocenters. The van der Waals surface area contributed by atoms with E-state index in [0.717, 1.165) is 49.8 Å². The van der Waals surface area contributed by atoms with E-state index in [1.807, 2.05) is 84.9 Å². The minimum atomic E-state index is 0.605. The van der Waals surface area contributed by atoms with E-state index in [9.17, 15) is 0 Å². The lowest BCUT2D eigenvalue weighted by atomic mass is 9.94. The molecule has 202 valence electrons. The molecule has 4 heteroatoms. The Morgan fingerprint density at radius 3 is 1.37 bits per heavy atom. The van der Waals surface area contributed by atoms with Crippen LogP contribution in [0.25, 0.3) is 78.4 Å². The lowest BCUT2D eigenvalue weighted by Gasteiger charge is -2.10. The van der Waals surface area contributed by atoms with Crippen molar-refractivity contribution in [3.05, 3.63) is 152 Å². The summed E-state index contributed by atoms with van der Waals surface area (Å²) in [7, 11) is 0. The summed E-state index contributed by atoms with van der Waals surface area (Å²) in [4.78, 5) is 14.9. The average Bonchev–Trinajstić information content (AvgIpc) is 3.49. The van der Waals surface area contributed by atoms with Crippen molar-refractivity contribution in [2.75, 3.05) is 0 Å². The zero-order valence-corrected chi connectivity index (χ0v) is 23.2. The molecule has 0 aliphatic carbocycles. The summed E-state index contributed by atoms with van der Waals surface area (Å²) in [5.41, 5.74) is 8.96. The summed E-state index contributed by atoms with van der Waals surface area (Å²) in [5, 5.41) is 2.03. The molecule has 0 atom stereocenters. The molecule has 2 aromatic heterocycles. The zero-order valence-electron chi connectivity index (χ0n) is 23.2. The van der Waals surface area contributed by atoms with Crippen molar-refractivity contribution in [3.8, 4) is 56.4 Å². The normalized spacial score (nSPS) is 11.3. The molecule has 8 rings (SSSR count). The molecule has 0 amide bonds. The maximum Gasteiger partial charge on any atom is 0.164 e. The lowest BCUT2D eigenvalue weighted by molar-refractivity contribution is 0.669. The molecular weight excluding hydrogens is 526 g/mol. The molecule has 0 saturated carbocycles. The maximum absolute atomic E-state index is 6.45. The van der Waals surface area contributed by atoms with Crippen LogP contribution in [0.2, 0.25) is 0 Å². The van der Waals surface area contributed by atoms with Crippen molar-refractivity contribution in [1.29, 1.82) is 0 Å². The summed E-state index contributed by atoms with van der Waals surface area (Å²) in [5.74, 6) is 1.86. The summed E-state index contributed by atoms with van der Waals surface area (Å²) < 4.78 is 6.45. The van der Waals surface area contributed by atoms with Gasteiger partial charge in [-0.1, -0.05) is 133 Å². The number of fused-ring (bicyclic) bond motifs is 3. The molecule has 8 aromatic rings. The van der Waals surface area contributed by atoms with E-state index in [1.165, 1.54) is 11.1 Å². The second-order valence-electron chi connectivity index (χ2n) is 10.4. The topological polar surface area (TPSA) is 51.8 Å². The molecule has 0 aliphatic rings. The van der Waals surface area contributed by atoms with Crippen molar-refractivity contribution in [3.63, 3.8) is 0 Å². The number of aromatic nitrogens is 3. The summed E-state index contributed by atoms with van der Waals surface area (Å²) in [6.45, 7) is 0. The van der Waals surface area contributed by atoms with Gasteiger partial charge in [0.1, 0.15) is 11.2 Å². The number of hydrogen-bond donors (Lipinski definition) is 0. The standard InChI is InChI=1S/C39H25N3O/c1-4-13-26(14-5-1)29-19-10-20-30(25-29)31-21-11-23-33-35(31)36-32(22-12-24-34(36)43-33)39-41-37(27-15-6-2-7-16-27)40-38(42-39)28-17-8-3-9-18-28/h1-25H. The SMILES string of the molecule is c1ccc(-c2cccc(-c3cccc4oc5cccc(-c6nc(-c7ccccc7)nc(-c7ccccc7)n6)c5c34)c2)cc1. The molecular formula is C39H25N3O. The maximum atomic E-state index is 6.45. The van der Waals surface area contributed by atoms with E-state index >= 15 is 0 Å². The number of hydrogen-bond acceptors (Lipinski definition) is 4. The van der Waals surface area contributed by atoms with Gasteiger partial charge in [-0.3, -0.25) is 0 Å². The first-order valence-electron chi connectivity index (χ1n) is 14.3. The molecule has 43 heavy (non-hydrogen) atoms. The minimum absolute atomic E-state index is 0.605. The lowest BCUT2D eigenvalue weighted by Crippen LogP contribution is -2.00. The van der Waals surface area contributed by atoms with Gasteiger partial charge in [0.2, 0.25) is 0 Å². The minimum Gasteiger partial charge on any atom is -0.456 e. The van der Waals surface area contributed by atoms with Crippen molar-refractivity contribution in [2.45, 2.75) is 0 Å². The summed E-state index contributed by atoms with van der Waals surface area (Å²) >= 11 is 0. The van der Waals surface area contributed by atoms with Gasteiger partial charge in [0.15, 0.2) is 17.5 Å². The van der Waals surface area contributed by atoms with Crippen LogP contribution in [0, 0.1) is 0 Å². The molecule has 0 bridgehead atoms. The molecule has 0 fully saturated rings. The van der Waals surface area contributed by atoms with Gasteiger partial charge in [0.05, 0.1) is 0 Å². The Morgan fingerprint density at radius 1 is 0.326 bits per heavy atom. The Hall–Kier alpha value is -5.87. The molecule has 0 saturated heterocycles. The molecule has 4 nitrogen and oxygen atoms in total. The van der Waals surface area contributed by atoms with Crippen LogP contribution in [0.15, 0.2) is 156 Å². The van der Waals surface area contributed by atoms with E-state index < -0.39 is 0 Å². The molecule has 6 aromatic carbocycles. The van der Waals surface area contributed by atoms with Crippen LogP contribution in [-0.2, 0) is 0 Å². The highest BCUT2D eigenvalue weighted by atomic mass is 16.3. The first-order chi connectivity index (χ1) is 21.3. The smallest absolute Gasteiger partial charge is 0.164 e. The van der Waals surface area contributed by atoms with E-state index in [0.29, 0.717) is 17.5 Å². The first-order valence-corrected chi connectivity index (χ1v) is 14.3. The van der Waals surface area contributed by atoms with Crippen LogP contribution in [0.1, 0.15) is 0 Å². The Morgan fingerprint density at radius 2 is 0.767 bits per heavy atom. The van der Waals surface area contributed by atoms with Gasteiger partial charge in [0, 0.05) is 27.5 Å². The highest BCUT2D eigenvalue weighted by Crippen LogP contribution is 2.41. The van der Waals surface area contributed by atoms with E-state index in [2.05, 4.69) is 66.7 Å². The van der Waals surface area contributed by atoms with Crippen molar-refractivity contribution in [1.82, 2.24) is 15.0 Å². The predicted molar refractivity (Wildman–Crippen MR) is 174 cm³/mol. The van der Waals surface area contributed by atoms with Gasteiger partial charge in [-0.25, -0.2) is 15.0 Å². The first kappa shape index (κ1) is 24.9. The van der Waals surface area contributed by atoms with Gasteiger partial charge in [-0.2, -0.15) is 0 Å². The third-order valence-corrected chi connectivity index (χ3v) is 7.74. The average molecular weight is 552 g/mol. The largest absolute Gasteiger partial charge is 0.456 e. The Labute approximate surface area is 249 Å². The highest BCUT2D eigenvalue weighted by molar-refractivity contribution is 6.17. The van der Waals surface area contributed by atoms with E-state index in [1.54, 1.807) is 0 Å². The second-order valence-corrected chi connectivity index (χ2v) is 10.4. The quantitative estimate of drug-likeness (QED) is 0.214. The van der Waals surface area contributed by atoms with E-state index in [-0.39, 0.29) is 0 Å². The highest BCUT2D eigenvalue weighted by Gasteiger charge is 2.20. The van der Waals surface area contributed by atoms with Crippen molar-refractivity contribution >= 4 is 21.9 Å². The van der Waals surface area contributed by atoms with Gasteiger partial charge < -0.3 is 4.42 Å². The van der Waals surface area contributed by atoms with Crippen molar-refractivity contribution < 1.29 is 4.42 Å². The molecule has 0 spiro atoms. The third kappa shape index (κ3) is 4.55. The third-order valence-electron chi connectivity index (χ3n) is 7.74. The number of benzene rings is 6. The Kier molecular flexibility index (Phi) is 6.08. The summed E-state index contributed by atoms with van der Waals surface area (Å²) in [6, 6.07) is 51.6. The van der Waals surface area contributed by atoms with Crippen LogP contribution in [0.5, 0.6) is 0 Å². The fourth-order valence-corrected chi connectivity index (χ4v) is 5.72. The Balaban J connectivity index is 1.38. The molecule has 0 N–H and O–H groups in total. The molecule has 0 aliphatic heterocycles. The van der Waals surface area contributed by atoms with Crippen LogP contribution >= 0.6 is 0 Å². The fraction of sp³-hybridized carbons (Fsp3) is 0. The number of nitrogens with zero attached hydrogens (tertiary/aromatic N) is 3. The van der Waals surface area contributed by atoms with Crippen molar-refractivity contribution in [2.24, 2.45) is 0 Å². The van der Waals surface area contributed by atoms with Gasteiger partial charge in [-0.05, 0) is 40.5 Å². The van der Waals surface area contributed by atoms with Crippen LogP contribution in [0.4, 0.5) is 0 Å². The van der Waals surface area contributed by atoms with Gasteiger partial charge >= 0.3 is 0 Å². The Bertz CT molecular complexity index is 2170. The zero-order chi connectivity index (χ0) is 28.6. The monoisotopic (exact) mass is 551 g/mol. The van der Waals surface area contributed by atoms with Crippen LogP contribution < -0.4 is 0 Å². The second kappa shape index (κ2) is 10.5. The summed E-state index contributed by atoms with van der Waals surface area (Å²) in [6.07, 6.45) is 0. The van der Waals surface area contributed by atoms with Gasteiger partial charge in [-0.15, -0.1) is 0 Å². The molecule has 0 radical (unpaired) electrons. The van der Waals surface area contributed by atoms with Gasteiger partial charge in [0.25, 0.3) is 0 Å².